The minimum absolute atomic E-state index is 0.108. The number of anilines is 2. The first-order valence-electron chi connectivity index (χ1n) is 14.9. The van der Waals surface area contributed by atoms with E-state index in [1.807, 2.05) is 87.5 Å². The fraction of sp³-hybridized carbons (Fsp3) is 0.167. The fourth-order valence-corrected chi connectivity index (χ4v) is 6.49. The van der Waals surface area contributed by atoms with E-state index in [1.165, 1.54) is 23.1 Å². The second-order valence-corrected chi connectivity index (χ2v) is 12.6. The molecule has 5 aromatic rings. The molecule has 10 heteroatoms. The van der Waals surface area contributed by atoms with E-state index < -0.39 is 11.2 Å². The lowest BCUT2D eigenvalue weighted by atomic mass is 10.1. The summed E-state index contributed by atoms with van der Waals surface area (Å²) in [6.45, 7) is 6.40. The fourth-order valence-electron chi connectivity index (χ4n) is 4.58. The Labute approximate surface area is 276 Å². The van der Waals surface area contributed by atoms with E-state index in [2.05, 4.69) is 20.9 Å². The molecule has 1 atom stereocenters. The van der Waals surface area contributed by atoms with Crippen LogP contribution in [-0.4, -0.2) is 34.6 Å². The molecule has 0 aliphatic rings. The van der Waals surface area contributed by atoms with E-state index in [9.17, 15) is 14.4 Å². The third-order valence-corrected chi connectivity index (χ3v) is 9.24. The minimum Gasteiger partial charge on any atom is -0.494 e. The zero-order valence-electron chi connectivity index (χ0n) is 25.7. The second-order valence-electron chi connectivity index (χ2n) is 10.3. The maximum atomic E-state index is 13.5. The highest BCUT2D eigenvalue weighted by atomic mass is 32.2. The van der Waals surface area contributed by atoms with Gasteiger partial charge in [0.05, 0.1) is 22.1 Å². The summed E-state index contributed by atoms with van der Waals surface area (Å²) in [4.78, 5) is 45.2. The number of benzene rings is 4. The Hall–Kier alpha value is -4.93. The van der Waals surface area contributed by atoms with Crippen LogP contribution in [0.4, 0.5) is 10.8 Å². The topological polar surface area (TPSA) is 109 Å². The summed E-state index contributed by atoms with van der Waals surface area (Å²) in [7, 11) is 0. The largest absolute Gasteiger partial charge is 0.494 e. The SMILES string of the molecule is CCOc1ccc2nc(NC(=O)C(CC)Sc3cccc(NC(=O)/C(=C/c4ccccc4C)NC(=O)c4ccccc4)c3)sc2c1. The predicted molar refractivity (Wildman–Crippen MR) is 187 cm³/mol. The number of ether oxygens (including phenoxy) is 1. The van der Waals surface area contributed by atoms with Crippen molar-refractivity contribution >= 4 is 67.9 Å². The summed E-state index contributed by atoms with van der Waals surface area (Å²) < 4.78 is 6.51. The van der Waals surface area contributed by atoms with Crippen LogP contribution < -0.4 is 20.7 Å². The molecule has 0 fully saturated rings. The Morgan fingerprint density at radius 2 is 1.70 bits per heavy atom. The third kappa shape index (κ3) is 8.41. The van der Waals surface area contributed by atoms with Crippen LogP contribution in [0.15, 0.2) is 108 Å². The average molecular weight is 651 g/mol. The smallest absolute Gasteiger partial charge is 0.272 e. The number of carbonyl (C=O) groups is 3. The number of aromatic nitrogens is 1. The molecule has 0 saturated carbocycles. The number of thioether (sulfide) groups is 1. The van der Waals surface area contributed by atoms with E-state index >= 15 is 0 Å². The molecular weight excluding hydrogens is 617 g/mol. The Balaban J connectivity index is 1.29. The molecular formula is C36H34N4O4S2. The molecule has 3 amide bonds. The number of hydrogen-bond acceptors (Lipinski definition) is 7. The van der Waals surface area contributed by atoms with Gasteiger partial charge in [-0.25, -0.2) is 4.98 Å². The van der Waals surface area contributed by atoms with E-state index in [0.717, 1.165) is 32.0 Å². The van der Waals surface area contributed by atoms with Crippen molar-refractivity contribution in [3.63, 3.8) is 0 Å². The van der Waals surface area contributed by atoms with Gasteiger partial charge in [-0.1, -0.05) is 66.8 Å². The van der Waals surface area contributed by atoms with E-state index in [1.54, 1.807) is 36.4 Å². The summed E-state index contributed by atoms with van der Waals surface area (Å²) in [6, 6.07) is 29.3. The Morgan fingerprint density at radius 3 is 2.46 bits per heavy atom. The van der Waals surface area contributed by atoms with Crippen LogP contribution in [0.2, 0.25) is 0 Å². The highest BCUT2D eigenvalue weighted by Gasteiger charge is 2.21. The maximum absolute atomic E-state index is 13.5. The highest BCUT2D eigenvalue weighted by molar-refractivity contribution is 8.00. The molecule has 0 saturated heterocycles. The molecule has 4 aromatic carbocycles. The van der Waals surface area contributed by atoms with Crippen LogP contribution in [0.5, 0.6) is 5.75 Å². The predicted octanol–water partition coefficient (Wildman–Crippen LogP) is 7.92. The van der Waals surface area contributed by atoms with Crippen molar-refractivity contribution in [3.05, 3.63) is 119 Å². The molecule has 0 radical (unpaired) electrons. The first kappa shape index (κ1) is 32.5. The van der Waals surface area contributed by atoms with Crippen molar-refractivity contribution in [2.75, 3.05) is 17.2 Å². The van der Waals surface area contributed by atoms with Gasteiger partial charge in [-0.2, -0.15) is 0 Å². The number of hydrogen-bond donors (Lipinski definition) is 3. The van der Waals surface area contributed by atoms with E-state index in [0.29, 0.717) is 29.4 Å². The number of fused-ring (bicyclic) bond motifs is 1. The number of amides is 3. The van der Waals surface area contributed by atoms with Crippen LogP contribution in [0.25, 0.3) is 16.3 Å². The number of nitrogens with zero attached hydrogens (tertiary/aromatic N) is 1. The summed E-state index contributed by atoms with van der Waals surface area (Å²) in [6.07, 6.45) is 2.25. The van der Waals surface area contributed by atoms with Crippen LogP contribution in [0, 0.1) is 6.92 Å². The van der Waals surface area contributed by atoms with Gasteiger partial charge in [-0.05, 0) is 86.0 Å². The zero-order valence-corrected chi connectivity index (χ0v) is 27.3. The lowest BCUT2D eigenvalue weighted by Gasteiger charge is -2.15. The average Bonchev–Trinajstić information content (AvgIpc) is 3.46. The Morgan fingerprint density at radius 1 is 0.913 bits per heavy atom. The molecule has 0 spiro atoms. The third-order valence-electron chi connectivity index (χ3n) is 6.95. The van der Waals surface area contributed by atoms with Gasteiger partial charge < -0.3 is 20.7 Å². The second kappa shape index (κ2) is 15.4. The monoisotopic (exact) mass is 650 g/mol. The van der Waals surface area contributed by atoms with Gasteiger partial charge in [0, 0.05) is 16.1 Å². The van der Waals surface area contributed by atoms with Gasteiger partial charge in [0.1, 0.15) is 11.4 Å². The summed E-state index contributed by atoms with van der Waals surface area (Å²) in [5.74, 6) is -0.248. The van der Waals surface area contributed by atoms with Crippen molar-refractivity contribution in [2.45, 2.75) is 37.3 Å². The zero-order chi connectivity index (χ0) is 32.5. The van der Waals surface area contributed by atoms with Gasteiger partial charge in [-0.3, -0.25) is 14.4 Å². The lowest BCUT2D eigenvalue weighted by molar-refractivity contribution is -0.116. The van der Waals surface area contributed by atoms with Crippen LogP contribution >= 0.6 is 23.1 Å². The Bertz CT molecular complexity index is 1890. The molecule has 3 N–H and O–H groups in total. The Kier molecular flexibility index (Phi) is 10.9. The van der Waals surface area contributed by atoms with Crippen molar-refractivity contribution in [2.24, 2.45) is 0 Å². The molecule has 234 valence electrons. The molecule has 0 aliphatic heterocycles. The van der Waals surface area contributed by atoms with Crippen molar-refractivity contribution < 1.29 is 19.1 Å². The maximum Gasteiger partial charge on any atom is 0.272 e. The van der Waals surface area contributed by atoms with E-state index in [4.69, 9.17) is 4.74 Å². The van der Waals surface area contributed by atoms with Crippen LogP contribution in [-0.2, 0) is 9.59 Å². The summed E-state index contributed by atoms with van der Waals surface area (Å²) in [5.41, 5.74) is 3.65. The standard InChI is InChI=1S/C36H34N4O4S2/c1-4-31(35(43)40-36-39-29-19-18-27(44-5-2)22-32(29)46-36)45-28-17-11-16-26(21-28)37-34(42)30(20-25-15-10-9-12-23(25)3)38-33(41)24-13-7-6-8-14-24/h6-22,31H,4-5H2,1-3H3,(H,37,42)(H,38,41)(H,39,40,43)/b30-20-. The first-order valence-corrected chi connectivity index (χ1v) is 16.6. The summed E-state index contributed by atoms with van der Waals surface area (Å²) in [5, 5.41) is 8.80. The number of aryl methyl sites for hydroxylation is 1. The summed E-state index contributed by atoms with van der Waals surface area (Å²) >= 11 is 2.80. The number of thiazole rings is 1. The van der Waals surface area contributed by atoms with Gasteiger partial charge in [0.2, 0.25) is 5.91 Å². The van der Waals surface area contributed by atoms with E-state index in [-0.39, 0.29) is 17.5 Å². The first-order chi connectivity index (χ1) is 22.3. The van der Waals surface area contributed by atoms with Gasteiger partial charge in [-0.15, -0.1) is 11.8 Å². The molecule has 0 aliphatic carbocycles. The van der Waals surface area contributed by atoms with Crippen molar-refractivity contribution in [1.82, 2.24) is 10.3 Å². The van der Waals surface area contributed by atoms with Crippen molar-refractivity contribution in [3.8, 4) is 5.75 Å². The van der Waals surface area contributed by atoms with Crippen molar-refractivity contribution in [1.29, 1.82) is 0 Å². The molecule has 5 rings (SSSR count). The normalized spacial score (nSPS) is 11.9. The number of carbonyl (C=O) groups excluding carboxylic acids is 3. The van der Waals surface area contributed by atoms with Gasteiger partial charge >= 0.3 is 0 Å². The quantitative estimate of drug-likeness (QED) is 0.0935. The van der Waals surface area contributed by atoms with Crippen LogP contribution in [0.3, 0.4) is 0 Å². The molecule has 8 nitrogen and oxygen atoms in total. The highest BCUT2D eigenvalue weighted by Crippen LogP contribution is 2.32. The van der Waals surface area contributed by atoms with Crippen LogP contribution in [0.1, 0.15) is 41.8 Å². The molecule has 1 aromatic heterocycles. The molecule has 1 unspecified atom stereocenters. The molecule has 0 bridgehead atoms. The van der Waals surface area contributed by atoms with Gasteiger partial charge in [0.25, 0.3) is 11.8 Å². The molecule has 46 heavy (non-hydrogen) atoms. The lowest BCUT2D eigenvalue weighted by Crippen LogP contribution is -2.30. The van der Waals surface area contributed by atoms with Gasteiger partial charge in [0.15, 0.2) is 5.13 Å². The molecule has 1 heterocycles. The number of rotatable bonds is 12. The minimum atomic E-state index is -0.470. The number of nitrogens with one attached hydrogen (secondary N) is 3.